The Morgan fingerprint density at radius 1 is 1.07 bits per heavy atom. The van der Waals surface area contributed by atoms with Crippen LogP contribution in [0.1, 0.15) is 19.8 Å². The van der Waals surface area contributed by atoms with E-state index in [2.05, 4.69) is 6.92 Å². The number of para-hydroxylation sites is 2. The number of carbonyl (C=O) groups is 1. The maximum atomic E-state index is 12.7. The third-order valence-electron chi connectivity index (χ3n) is 4.93. The van der Waals surface area contributed by atoms with Crippen LogP contribution in [-0.2, 0) is 4.79 Å². The van der Waals surface area contributed by atoms with Crippen LogP contribution in [-0.4, -0.2) is 39.6 Å². The summed E-state index contributed by atoms with van der Waals surface area (Å²) in [6.45, 7) is 3.96. The lowest BCUT2D eigenvalue weighted by Gasteiger charge is -2.30. The number of amides is 1. The summed E-state index contributed by atoms with van der Waals surface area (Å²) in [6, 6.07) is 18.0. The van der Waals surface area contributed by atoms with Crippen molar-refractivity contribution in [2.24, 2.45) is 5.92 Å². The second-order valence-electron chi connectivity index (χ2n) is 7.11. The molecule has 0 bridgehead atoms. The second kappa shape index (κ2) is 8.09. The summed E-state index contributed by atoms with van der Waals surface area (Å²) in [4.78, 5) is 24.3. The lowest BCUT2D eigenvalue weighted by Crippen LogP contribution is -2.40. The van der Waals surface area contributed by atoms with Gasteiger partial charge in [0.1, 0.15) is 10.7 Å². The predicted octanol–water partition coefficient (Wildman–Crippen LogP) is 4.65. The van der Waals surface area contributed by atoms with Crippen molar-refractivity contribution in [2.75, 3.05) is 18.8 Å². The van der Waals surface area contributed by atoms with E-state index in [1.54, 1.807) is 0 Å². The molecule has 1 amide bonds. The summed E-state index contributed by atoms with van der Waals surface area (Å²) >= 11 is 1.49. The van der Waals surface area contributed by atoms with Crippen LogP contribution in [0, 0.1) is 5.92 Å². The number of likely N-dealkylation sites (tertiary alicyclic amines) is 1. The SMILES string of the molecule is CC1CCCN(C(=O)CSc2nc3ccccc3nc2-c2ccccc2)C1. The first kappa shape index (κ1) is 18.0. The van der Waals surface area contributed by atoms with Crippen molar-refractivity contribution in [3.8, 4) is 11.3 Å². The first-order valence-corrected chi connectivity index (χ1v) is 10.4. The summed E-state index contributed by atoms with van der Waals surface area (Å²) in [5, 5.41) is 0.818. The Hall–Kier alpha value is -2.40. The topological polar surface area (TPSA) is 46.1 Å². The van der Waals surface area contributed by atoms with Gasteiger partial charge in [0.05, 0.1) is 16.8 Å². The zero-order chi connectivity index (χ0) is 18.6. The van der Waals surface area contributed by atoms with Gasteiger partial charge in [-0.25, -0.2) is 9.97 Å². The van der Waals surface area contributed by atoms with Crippen LogP contribution < -0.4 is 0 Å². The Balaban J connectivity index is 1.61. The van der Waals surface area contributed by atoms with Crippen molar-refractivity contribution < 1.29 is 4.79 Å². The monoisotopic (exact) mass is 377 g/mol. The fourth-order valence-corrected chi connectivity index (χ4v) is 4.41. The van der Waals surface area contributed by atoms with Gasteiger partial charge in [0, 0.05) is 18.7 Å². The van der Waals surface area contributed by atoms with Crippen molar-refractivity contribution in [1.29, 1.82) is 0 Å². The minimum Gasteiger partial charge on any atom is -0.342 e. The summed E-state index contributed by atoms with van der Waals surface area (Å²) in [6.07, 6.45) is 2.31. The van der Waals surface area contributed by atoms with Gasteiger partial charge in [0.15, 0.2) is 0 Å². The number of rotatable bonds is 4. The smallest absolute Gasteiger partial charge is 0.232 e. The van der Waals surface area contributed by atoms with Crippen molar-refractivity contribution in [3.63, 3.8) is 0 Å². The molecule has 0 radical (unpaired) electrons. The standard InChI is InChI=1S/C22H23N3OS/c1-16-8-7-13-25(14-16)20(26)15-27-22-21(17-9-3-2-4-10-17)23-18-11-5-6-12-19(18)24-22/h2-6,9-12,16H,7-8,13-15H2,1H3. The van der Waals surface area contributed by atoms with E-state index in [0.717, 1.165) is 46.8 Å². The molecule has 1 fully saturated rings. The molecule has 0 aliphatic carbocycles. The van der Waals surface area contributed by atoms with E-state index >= 15 is 0 Å². The minimum atomic E-state index is 0.195. The van der Waals surface area contributed by atoms with Crippen LogP contribution in [0.2, 0.25) is 0 Å². The Bertz CT molecular complexity index is 945. The molecule has 4 rings (SSSR count). The summed E-state index contributed by atoms with van der Waals surface area (Å²) in [5.41, 5.74) is 3.60. The van der Waals surface area contributed by atoms with Crippen LogP contribution in [0.3, 0.4) is 0 Å². The van der Waals surface area contributed by atoms with Gasteiger partial charge in [-0.05, 0) is 30.9 Å². The van der Waals surface area contributed by atoms with E-state index in [-0.39, 0.29) is 5.91 Å². The van der Waals surface area contributed by atoms with Gasteiger partial charge in [-0.15, -0.1) is 0 Å². The van der Waals surface area contributed by atoms with Gasteiger partial charge >= 0.3 is 0 Å². The highest BCUT2D eigenvalue weighted by Gasteiger charge is 2.22. The summed E-state index contributed by atoms with van der Waals surface area (Å²) < 4.78 is 0. The van der Waals surface area contributed by atoms with E-state index in [1.807, 2.05) is 59.5 Å². The molecule has 1 atom stereocenters. The maximum absolute atomic E-state index is 12.7. The number of hydrogen-bond donors (Lipinski definition) is 0. The van der Waals surface area contributed by atoms with Gasteiger partial charge < -0.3 is 4.90 Å². The molecule has 1 aromatic heterocycles. The number of aromatic nitrogens is 2. The number of carbonyl (C=O) groups excluding carboxylic acids is 1. The molecule has 3 aromatic rings. The third kappa shape index (κ3) is 4.14. The quantitative estimate of drug-likeness (QED) is 0.621. The minimum absolute atomic E-state index is 0.195. The van der Waals surface area contributed by atoms with Crippen LogP contribution >= 0.6 is 11.8 Å². The fraction of sp³-hybridized carbons (Fsp3) is 0.318. The van der Waals surface area contributed by atoms with Crippen LogP contribution in [0.15, 0.2) is 59.6 Å². The maximum Gasteiger partial charge on any atom is 0.232 e. The molecule has 5 heteroatoms. The normalized spacial score (nSPS) is 17.2. The highest BCUT2D eigenvalue weighted by molar-refractivity contribution is 8.00. The van der Waals surface area contributed by atoms with Gasteiger partial charge in [-0.1, -0.05) is 61.2 Å². The second-order valence-corrected chi connectivity index (χ2v) is 8.07. The number of piperidine rings is 1. The van der Waals surface area contributed by atoms with Crippen molar-refractivity contribution in [3.05, 3.63) is 54.6 Å². The average molecular weight is 378 g/mol. The van der Waals surface area contributed by atoms with Crippen LogP contribution in [0.4, 0.5) is 0 Å². The zero-order valence-corrected chi connectivity index (χ0v) is 16.3. The molecular weight excluding hydrogens is 354 g/mol. The van der Waals surface area contributed by atoms with E-state index in [9.17, 15) is 4.79 Å². The van der Waals surface area contributed by atoms with Gasteiger partial charge in [0.2, 0.25) is 5.91 Å². The number of benzene rings is 2. The summed E-state index contributed by atoms with van der Waals surface area (Å²) in [5.74, 6) is 1.19. The summed E-state index contributed by atoms with van der Waals surface area (Å²) in [7, 11) is 0. The number of fused-ring (bicyclic) bond motifs is 1. The highest BCUT2D eigenvalue weighted by atomic mass is 32.2. The lowest BCUT2D eigenvalue weighted by molar-refractivity contribution is -0.130. The van der Waals surface area contributed by atoms with E-state index in [4.69, 9.17) is 9.97 Å². The first-order chi connectivity index (χ1) is 13.2. The van der Waals surface area contributed by atoms with Gasteiger partial charge in [-0.2, -0.15) is 0 Å². The van der Waals surface area contributed by atoms with Gasteiger partial charge in [-0.3, -0.25) is 4.79 Å². The number of nitrogens with zero attached hydrogens (tertiary/aromatic N) is 3. The Morgan fingerprint density at radius 3 is 2.52 bits per heavy atom. The Morgan fingerprint density at radius 2 is 1.78 bits per heavy atom. The van der Waals surface area contributed by atoms with E-state index < -0.39 is 0 Å². The van der Waals surface area contributed by atoms with Crippen LogP contribution in [0.5, 0.6) is 0 Å². The largest absolute Gasteiger partial charge is 0.342 e. The first-order valence-electron chi connectivity index (χ1n) is 9.43. The molecule has 0 N–H and O–H groups in total. The molecule has 27 heavy (non-hydrogen) atoms. The highest BCUT2D eigenvalue weighted by Crippen LogP contribution is 2.30. The lowest BCUT2D eigenvalue weighted by atomic mass is 10.0. The molecule has 2 aromatic carbocycles. The van der Waals surface area contributed by atoms with Crippen molar-refractivity contribution in [2.45, 2.75) is 24.8 Å². The Kier molecular flexibility index (Phi) is 5.39. The molecule has 0 spiro atoms. The van der Waals surface area contributed by atoms with Gasteiger partial charge in [0.25, 0.3) is 0 Å². The molecule has 0 saturated carbocycles. The van der Waals surface area contributed by atoms with E-state index in [0.29, 0.717) is 11.7 Å². The van der Waals surface area contributed by atoms with E-state index in [1.165, 1.54) is 18.2 Å². The van der Waals surface area contributed by atoms with Crippen LogP contribution in [0.25, 0.3) is 22.3 Å². The molecule has 1 aliphatic heterocycles. The zero-order valence-electron chi connectivity index (χ0n) is 15.5. The molecular formula is C22H23N3OS. The fourth-order valence-electron chi connectivity index (χ4n) is 3.51. The molecule has 1 unspecified atom stereocenters. The Labute approximate surface area is 164 Å². The predicted molar refractivity (Wildman–Crippen MR) is 111 cm³/mol. The number of thioether (sulfide) groups is 1. The molecule has 1 aliphatic rings. The molecule has 138 valence electrons. The molecule has 4 nitrogen and oxygen atoms in total. The third-order valence-corrected chi connectivity index (χ3v) is 5.88. The van der Waals surface area contributed by atoms with Crippen molar-refractivity contribution in [1.82, 2.24) is 14.9 Å². The number of hydrogen-bond acceptors (Lipinski definition) is 4. The average Bonchev–Trinajstić information content (AvgIpc) is 2.72. The molecule has 2 heterocycles. The van der Waals surface area contributed by atoms with Crippen molar-refractivity contribution >= 4 is 28.7 Å². The molecule has 1 saturated heterocycles.